The molecule has 1 aliphatic heterocycles. The van der Waals surface area contributed by atoms with Gasteiger partial charge in [0.2, 0.25) is 16.0 Å². The molecule has 0 radical (unpaired) electrons. The fraction of sp³-hybridized carbons (Fsp3) is 0.458. The van der Waals surface area contributed by atoms with E-state index in [0.717, 1.165) is 10.6 Å². The van der Waals surface area contributed by atoms with E-state index in [4.69, 9.17) is 9.47 Å². The number of tetrazole rings is 1. The first-order valence-electron chi connectivity index (χ1n) is 11.7. The Morgan fingerprint density at radius 2 is 1.89 bits per heavy atom. The number of H-pyrrole nitrogens is 1. The summed E-state index contributed by atoms with van der Waals surface area (Å²) in [6.07, 6.45) is 4.52. The van der Waals surface area contributed by atoms with Crippen molar-refractivity contribution in [1.82, 2.24) is 30.6 Å². The van der Waals surface area contributed by atoms with Crippen LogP contribution in [0.5, 0.6) is 0 Å². The van der Waals surface area contributed by atoms with Crippen molar-refractivity contribution in [2.24, 2.45) is 0 Å². The highest BCUT2D eigenvalue weighted by molar-refractivity contribution is 7.92. The van der Waals surface area contributed by atoms with Crippen molar-refractivity contribution in [1.29, 1.82) is 0 Å². The van der Waals surface area contributed by atoms with E-state index in [-0.39, 0.29) is 18.0 Å². The lowest BCUT2D eigenvalue weighted by Crippen LogP contribution is -2.40. The van der Waals surface area contributed by atoms with Crippen LogP contribution in [0.2, 0.25) is 0 Å². The van der Waals surface area contributed by atoms with Crippen molar-refractivity contribution in [2.45, 2.75) is 58.0 Å². The molecule has 1 aromatic carbocycles. The number of halogens is 1. The Kier molecular flexibility index (Phi) is 7.40. The second kappa shape index (κ2) is 10.2. The first-order chi connectivity index (χ1) is 17.3. The van der Waals surface area contributed by atoms with Crippen LogP contribution in [0.3, 0.4) is 0 Å². The molecule has 1 N–H and O–H groups in total. The van der Waals surface area contributed by atoms with Gasteiger partial charge in [-0.15, -0.1) is 5.10 Å². The number of sulfonamides is 1. The lowest BCUT2D eigenvalue weighted by atomic mass is 9.97. The summed E-state index contributed by atoms with van der Waals surface area (Å²) in [5, 5.41) is 14.0. The molecule has 1 fully saturated rings. The Hall–Kier alpha value is -3.29. The fourth-order valence-electron chi connectivity index (χ4n) is 4.03. The third-order valence-corrected chi connectivity index (χ3v) is 7.02. The van der Waals surface area contributed by atoms with E-state index in [2.05, 4.69) is 30.6 Å². The zero-order valence-corrected chi connectivity index (χ0v) is 22.3. The number of ether oxygens (including phenoxy) is 2. The summed E-state index contributed by atoms with van der Waals surface area (Å²) in [6.45, 7) is 7.54. The maximum atomic E-state index is 13.7. The lowest BCUT2D eigenvalue weighted by Gasteiger charge is -2.38. The molecule has 37 heavy (non-hydrogen) atoms. The summed E-state index contributed by atoms with van der Waals surface area (Å²) in [7, 11) is -2.21. The quantitative estimate of drug-likeness (QED) is 0.485. The normalized spacial score (nSPS) is 20.0. The molecule has 13 heteroatoms. The Balaban J connectivity index is 1.80. The molecule has 0 amide bonds. The number of nitrogens with zero attached hydrogens (tertiary/aromatic N) is 6. The van der Waals surface area contributed by atoms with Gasteiger partial charge < -0.3 is 9.47 Å². The summed E-state index contributed by atoms with van der Waals surface area (Å²) in [4.78, 5) is 9.20. The predicted molar refractivity (Wildman–Crippen MR) is 135 cm³/mol. The minimum absolute atomic E-state index is 0.0315. The smallest absolute Gasteiger partial charge is 0.239 e. The number of nitrogens with one attached hydrogen (secondary N) is 1. The van der Waals surface area contributed by atoms with E-state index >= 15 is 0 Å². The molecule has 1 aliphatic rings. The molecule has 4 rings (SSSR count). The monoisotopic (exact) mass is 531 g/mol. The molecule has 0 unspecified atom stereocenters. The van der Waals surface area contributed by atoms with Crippen molar-refractivity contribution >= 4 is 22.0 Å². The van der Waals surface area contributed by atoms with Crippen molar-refractivity contribution < 1.29 is 22.3 Å². The van der Waals surface area contributed by atoms with Crippen molar-refractivity contribution in [3.63, 3.8) is 0 Å². The molecule has 3 aromatic rings. The van der Waals surface area contributed by atoms with Crippen LogP contribution < -0.4 is 4.31 Å². The average Bonchev–Trinajstić information content (AvgIpc) is 3.36. The van der Waals surface area contributed by atoms with Crippen LogP contribution in [0.25, 0.3) is 17.3 Å². The highest BCUT2D eigenvalue weighted by Crippen LogP contribution is 2.36. The molecule has 0 saturated carbocycles. The molecule has 1 saturated heterocycles. The minimum Gasteiger partial charge on any atom is -0.343 e. The Morgan fingerprint density at radius 1 is 1.19 bits per heavy atom. The molecule has 0 aliphatic carbocycles. The molecule has 2 aromatic heterocycles. The standard InChI is InChI=1S/C24H30FN7O4S/c1-14(2)20-18(12-11-17-13-19(22-28-30-31-29-22)36-24(3,4)35-17)21(15-7-9-16(25)10-8-15)27-23(26-20)32(5)37(6,33)34/h7-12,14,17,19H,13H2,1-6H3,(H,28,29,30,31)/b12-11+/t17-,19-/m1/s1. The van der Waals surface area contributed by atoms with Crippen LogP contribution in [-0.2, 0) is 19.5 Å². The summed E-state index contributed by atoms with van der Waals surface area (Å²) in [5.41, 5.74) is 2.41. The second-order valence-electron chi connectivity index (χ2n) is 9.61. The van der Waals surface area contributed by atoms with Crippen molar-refractivity contribution in [2.75, 3.05) is 17.6 Å². The molecule has 0 spiro atoms. The summed E-state index contributed by atoms with van der Waals surface area (Å²) >= 11 is 0. The maximum absolute atomic E-state index is 13.7. The number of hydrogen-bond acceptors (Lipinski definition) is 9. The Morgan fingerprint density at radius 3 is 2.49 bits per heavy atom. The zero-order chi connectivity index (χ0) is 27.0. The minimum atomic E-state index is -3.61. The van der Waals surface area contributed by atoms with Gasteiger partial charge in [0.05, 0.1) is 23.7 Å². The van der Waals surface area contributed by atoms with Crippen LogP contribution in [-0.4, -0.2) is 64.2 Å². The van der Waals surface area contributed by atoms with Crippen LogP contribution in [0, 0.1) is 5.82 Å². The van der Waals surface area contributed by atoms with Gasteiger partial charge in [-0.05, 0) is 54.5 Å². The SMILES string of the molecule is CC(C)c1nc(N(C)S(C)(=O)=O)nc(-c2ccc(F)cc2)c1/C=C/[C@@H]1C[C@H](c2nnn[nH]2)OC(C)(C)O1. The van der Waals surface area contributed by atoms with Gasteiger partial charge in [-0.2, -0.15) is 0 Å². The zero-order valence-electron chi connectivity index (χ0n) is 21.5. The number of rotatable bonds is 7. The van der Waals surface area contributed by atoms with Gasteiger partial charge in [-0.3, -0.25) is 0 Å². The van der Waals surface area contributed by atoms with E-state index in [1.807, 2.05) is 39.8 Å². The molecule has 3 heterocycles. The largest absolute Gasteiger partial charge is 0.343 e. The molecular weight excluding hydrogens is 501 g/mol. The van der Waals surface area contributed by atoms with Crippen molar-refractivity contribution in [3.05, 3.63) is 53.2 Å². The summed E-state index contributed by atoms with van der Waals surface area (Å²) < 4.78 is 51.3. The van der Waals surface area contributed by atoms with Crippen molar-refractivity contribution in [3.8, 4) is 11.3 Å². The number of aromatic amines is 1. The first kappa shape index (κ1) is 26.8. The molecular formula is C24H30FN7O4S. The predicted octanol–water partition coefficient (Wildman–Crippen LogP) is 3.61. The van der Waals surface area contributed by atoms with Gasteiger partial charge in [-0.1, -0.05) is 26.0 Å². The maximum Gasteiger partial charge on any atom is 0.239 e. The summed E-state index contributed by atoms with van der Waals surface area (Å²) in [5.74, 6) is -0.832. The van der Waals surface area contributed by atoms with E-state index < -0.39 is 27.7 Å². The average molecular weight is 532 g/mol. The van der Waals surface area contributed by atoms with E-state index in [1.165, 1.54) is 19.2 Å². The number of aromatic nitrogens is 6. The van der Waals surface area contributed by atoms with Crippen LogP contribution in [0.15, 0.2) is 30.3 Å². The van der Waals surface area contributed by atoms with Gasteiger partial charge in [0, 0.05) is 24.6 Å². The lowest BCUT2D eigenvalue weighted by molar-refractivity contribution is -0.294. The third kappa shape index (κ3) is 6.17. The topological polar surface area (TPSA) is 136 Å². The second-order valence-corrected chi connectivity index (χ2v) is 11.6. The van der Waals surface area contributed by atoms with Gasteiger partial charge in [0.25, 0.3) is 0 Å². The first-order valence-corrected chi connectivity index (χ1v) is 13.6. The Bertz CT molecular complexity index is 1380. The third-order valence-electron chi connectivity index (χ3n) is 5.86. The number of anilines is 1. The molecule has 0 bridgehead atoms. The summed E-state index contributed by atoms with van der Waals surface area (Å²) in [6, 6.07) is 5.87. The Labute approximate surface area is 215 Å². The molecule has 198 valence electrons. The number of benzene rings is 1. The van der Waals surface area contributed by atoms with Crippen LogP contribution in [0.1, 0.15) is 63.2 Å². The molecule has 11 nitrogen and oxygen atoms in total. The van der Waals surface area contributed by atoms with Gasteiger partial charge in [-0.25, -0.2) is 32.2 Å². The van der Waals surface area contributed by atoms with Gasteiger partial charge >= 0.3 is 0 Å². The highest BCUT2D eigenvalue weighted by atomic mass is 32.2. The molecule has 2 atom stereocenters. The number of hydrogen-bond donors (Lipinski definition) is 1. The van der Waals surface area contributed by atoms with E-state index in [1.54, 1.807) is 12.1 Å². The fourth-order valence-corrected chi connectivity index (χ4v) is 4.41. The van der Waals surface area contributed by atoms with E-state index in [9.17, 15) is 12.8 Å². The van der Waals surface area contributed by atoms with E-state index in [0.29, 0.717) is 34.8 Å². The van der Waals surface area contributed by atoms with Gasteiger partial charge in [0.1, 0.15) is 11.9 Å². The highest BCUT2D eigenvalue weighted by Gasteiger charge is 2.37. The van der Waals surface area contributed by atoms with Gasteiger partial charge in [0.15, 0.2) is 11.6 Å². The van der Waals surface area contributed by atoms with Crippen LogP contribution >= 0.6 is 0 Å². The van der Waals surface area contributed by atoms with Crippen LogP contribution in [0.4, 0.5) is 10.3 Å².